The zero-order valence-electron chi connectivity index (χ0n) is 24.0. The van der Waals surface area contributed by atoms with E-state index in [0.29, 0.717) is 33.9 Å². The van der Waals surface area contributed by atoms with Crippen molar-refractivity contribution in [3.63, 3.8) is 0 Å². The Labute approximate surface area is 259 Å². The summed E-state index contributed by atoms with van der Waals surface area (Å²) in [6, 6.07) is 12.5. The van der Waals surface area contributed by atoms with Gasteiger partial charge in [-0.3, -0.25) is 19.3 Å². The fraction of sp³-hybridized carbons (Fsp3) is 0.344. The van der Waals surface area contributed by atoms with Crippen LogP contribution in [0, 0.1) is 0 Å². The highest BCUT2D eigenvalue weighted by molar-refractivity contribution is 7.13. The summed E-state index contributed by atoms with van der Waals surface area (Å²) in [6.45, 7) is 2.24. The van der Waals surface area contributed by atoms with Gasteiger partial charge in [0, 0.05) is 53.0 Å². The average molecular weight is 613 g/mol. The Kier molecular flexibility index (Phi) is 7.81. The number of thiazole rings is 1. The number of fused-ring (bicyclic) bond motifs is 1. The van der Waals surface area contributed by atoms with Gasteiger partial charge in [0.1, 0.15) is 5.65 Å². The normalized spacial score (nSPS) is 16.6. The van der Waals surface area contributed by atoms with E-state index in [9.17, 15) is 4.79 Å². The van der Waals surface area contributed by atoms with Gasteiger partial charge in [0.15, 0.2) is 0 Å². The Balaban J connectivity index is 1.19. The lowest BCUT2D eigenvalue weighted by atomic mass is 10.1. The molecule has 1 saturated carbocycles. The summed E-state index contributed by atoms with van der Waals surface area (Å²) in [5, 5.41) is 8.19. The lowest BCUT2D eigenvalue weighted by Crippen LogP contribution is -2.36. The first-order chi connectivity index (χ1) is 21.0. The van der Waals surface area contributed by atoms with Gasteiger partial charge in [-0.2, -0.15) is 4.98 Å². The van der Waals surface area contributed by atoms with Gasteiger partial charge in [-0.1, -0.05) is 24.4 Å². The molecule has 0 bridgehead atoms. The first-order valence-corrected chi connectivity index (χ1v) is 16.1. The molecule has 1 aliphatic heterocycles. The number of hydrogen-bond acceptors (Lipinski definition) is 9. The second-order valence-electron chi connectivity index (χ2n) is 11.5. The molecule has 5 heterocycles. The summed E-state index contributed by atoms with van der Waals surface area (Å²) in [6.07, 6.45) is 11.6. The smallest absolute Gasteiger partial charge is 0.261 e. The summed E-state index contributed by atoms with van der Waals surface area (Å²) in [4.78, 5) is 35.7. The van der Waals surface area contributed by atoms with Crippen molar-refractivity contribution in [3.05, 3.63) is 75.9 Å². The third-order valence-corrected chi connectivity index (χ3v) is 9.62. The van der Waals surface area contributed by atoms with Gasteiger partial charge in [0.05, 0.1) is 26.7 Å². The number of benzene rings is 1. The van der Waals surface area contributed by atoms with Gasteiger partial charge in [0.2, 0.25) is 5.95 Å². The molecule has 2 fully saturated rings. The highest BCUT2D eigenvalue weighted by Crippen LogP contribution is 2.34. The molecule has 2 N–H and O–H groups in total. The number of nitrogens with one attached hydrogen (secondary N) is 2. The fourth-order valence-electron chi connectivity index (χ4n) is 6.15. The van der Waals surface area contributed by atoms with Crippen LogP contribution in [0.2, 0.25) is 5.02 Å². The van der Waals surface area contributed by atoms with Crippen LogP contribution in [0.1, 0.15) is 44.6 Å². The summed E-state index contributed by atoms with van der Waals surface area (Å²) in [7, 11) is 2.17. The molecule has 220 valence electrons. The molecule has 0 spiro atoms. The van der Waals surface area contributed by atoms with Crippen LogP contribution in [0.25, 0.3) is 32.7 Å². The van der Waals surface area contributed by atoms with Crippen LogP contribution >= 0.6 is 22.9 Å². The maximum absolute atomic E-state index is 14.1. The fourth-order valence-corrected chi connectivity index (χ4v) is 7.02. The Morgan fingerprint density at radius 1 is 0.953 bits per heavy atom. The number of hydrogen-bond donors (Lipinski definition) is 2. The highest BCUT2D eigenvalue weighted by atomic mass is 35.5. The molecule has 11 heteroatoms. The highest BCUT2D eigenvalue weighted by Gasteiger charge is 2.25. The molecular formula is C32H33ClN8OS. The molecule has 0 radical (unpaired) electrons. The minimum atomic E-state index is -0.131. The van der Waals surface area contributed by atoms with Crippen molar-refractivity contribution < 1.29 is 0 Å². The van der Waals surface area contributed by atoms with E-state index < -0.39 is 0 Å². The van der Waals surface area contributed by atoms with Crippen molar-refractivity contribution in [1.29, 1.82) is 0 Å². The molecule has 0 unspecified atom stereocenters. The molecular weight excluding hydrogens is 580 g/mol. The Morgan fingerprint density at radius 3 is 2.44 bits per heavy atom. The number of nitrogens with zero attached hydrogens (tertiary/aromatic N) is 6. The third-order valence-electron chi connectivity index (χ3n) is 8.51. The van der Waals surface area contributed by atoms with E-state index in [4.69, 9.17) is 16.6 Å². The number of likely N-dealkylation sites (tertiary alicyclic amines) is 1. The van der Waals surface area contributed by atoms with Gasteiger partial charge in [-0.25, -0.2) is 4.98 Å². The number of piperidine rings is 1. The largest absolute Gasteiger partial charge is 0.382 e. The van der Waals surface area contributed by atoms with E-state index in [-0.39, 0.29) is 11.6 Å². The second kappa shape index (κ2) is 12.0. The standard InChI is InChI=1S/C32H33ClN8OS/c1-40-12-10-24(11-13-40)37-22-6-8-23(9-7-22)38-32-36-17-21-14-26(31(42)41(30(21)39-32)25-4-2-3-5-25)29-27(33)15-20(16-35-29)28-18-34-19-43-28/h6-9,14-19,24-25,37H,2-5,10-13H2,1H3,(H,36,38,39). The Morgan fingerprint density at radius 2 is 1.72 bits per heavy atom. The third kappa shape index (κ3) is 5.87. The molecule has 0 atom stereocenters. The molecule has 0 amide bonds. The molecule has 1 saturated heterocycles. The SMILES string of the molecule is CN1CCC(Nc2ccc(Nc3ncc4cc(-c5ncc(-c6cncs6)cc5Cl)c(=O)n(C5CCCC5)c4n3)cc2)CC1. The number of anilines is 3. The first kappa shape index (κ1) is 27.9. The lowest BCUT2D eigenvalue weighted by molar-refractivity contribution is 0.264. The zero-order chi connectivity index (χ0) is 29.3. The topological polar surface area (TPSA) is 101 Å². The van der Waals surface area contributed by atoms with Crippen molar-refractivity contribution in [2.24, 2.45) is 0 Å². The summed E-state index contributed by atoms with van der Waals surface area (Å²) in [5.41, 5.74) is 6.04. The predicted molar refractivity (Wildman–Crippen MR) is 175 cm³/mol. The van der Waals surface area contributed by atoms with Crippen LogP contribution in [0.15, 0.2) is 65.3 Å². The number of pyridine rings is 2. The molecule has 1 aromatic carbocycles. The van der Waals surface area contributed by atoms with Gasteiger partial charge < -0.3 is 15.5 Å². The van der Waals surface area contributed by atoms with Crippen molar-refractivity contribution in [3.8, 4) is 21.7 Å². The Bertz CT molecular complexity index is 1790. The summed E-state index contributed by atoms with van der Waals surface area (Å²) >= 11 is 8.25. The number of halogens is 1. The van der Waals surface area contributed by atoms with Gasteiger partial charge in [0.25, 0.3) is 5.56 Å². The van der Waals surface area contributed by atoms with E-state index in [0.717, 1.165) is 78.8 Å². The zero-order valence-corrected chi connectivity index (χ0v) is 25.5. The van der Waals surface area contributed by atoms with E-state index in [1.807, 2.05) is 28.8 Å². The predicted octanol–water partition coefficient (Wildman–Crippen LogP) is 7.00. The van der Waals surface area contributed by atoms with Crippen LogP contribution in [0.3, 0.4) is 0 Å². The van der Waals surface area contributed by atoms with Crippen molar-refractivity contribution in [2.45, 2.75) is 50.6 Å². The maximum atomic E-state index is 14.1. The van der Waals surface area contributed by atoms with Crippen LogP contribution < -0.4 is 16.2 Å². The number of aromatic nitrogens is 5. The van der Waals surface area contributed by atoms with E-state index in [1.54, 1.807) is 24.1 Å². The van der Waals surface area contributed by atoms with Crippen LogP contribution in [0.5, 0.6) is 0 Å². The summed E-state index contributed by atoms with van der Waals surface area (Å²) < 4.78 is 1.84. The molecule has 4 aromatic heterocycles. The average Bonchev–Trinajstić information content (AvgIpc) is 3.75. The minimum Gasteiger partial charge on any atom is -0.382 e. The van der Waals surface area contributed by atoms with Crippen molar-refractivity contribution >= 4 is 51.3 Å². The van der Waals surface area contributed by atoms with Crippen molar-refractivity contribution in [1.82, 2.24) is 29.4 Å². The van der Waals surface area contributed by atoms with Crippen LogP contribution in [-0.4, -0.2) is 55.6 Å². The molecule has 2 aliphatic rings. The second-order valence-corrected chi connectivity index (χ2v) is 12.8. The van der Waals surface area contributed by atoms with E-state index >= 15 is 0 Å². The van der Waals surface area contributed by atoms with Crippen molar-refractivity contribution in [2.75, 3.05) is 30.8 Å². The maximum Gasteiger partial charge on any atom is 0.261 e. The van der Waals surface area contributed by atoms with Gasteiger partial charge in [-0.05, 0) is 82.2 Å². The molecule has 9 nitrogen and oxygen atoms in total. The van der Waals surface area contributed by atoms with Gasteiger partial charge in [-0.15, -0.1) is 11.3 Å². The molecule has 7 rings (SSSR count). The quantitative estimate of drug-likeness (QED) is 0.203. The monoisotopic (exact) mass is 612 g/mol. The Hall–Kier alpha value is -3.86. The lowest BCUT2D eigenvalue weighted by Gasteiger charge is -2.30. The molecule has 43 heavy (non-hydrogen) atoms. The van der Waals surface area contributed by atoms with E-state index in [1.165, 1.54) is 11.3 Å². The molecule has 5 aromatic rings. The molecule has 1 aliphatic carbocycles. The van der Waals surface area contributed by atoms with Crippen LogP contribution in [-0.2, 0) is 0 Å². The minimum absolute atomic E-state index is 0.0675. The van der Waals surface area contributed by atoms with E-state index in [2.05, 4.69) is 49.7 Å². The first-order valence-electron chi connectivity index (χ1n) is 14.8. The van der Waals surface area contributed by atoms with Crippen LogP contribution in [0.4, 0.5) is 17.3 Å². The van der Waals surface area contributed by atoms with Gasteiger partial charge >= 0.3 is 0 Å². The summed E-state index contributed by atoms with van der Waals surface area (Å²) in [5.74, 6) is 0.451. The number of rotatable bonds is 7.